The van der Waals surface area contributed by atoms with Crippen LogP contribution in [-0.2, 0) is 0 Å². The van der Waals surface area contributed by atoms with Gasteiger partial charge in [-0.3, -0.25) is 0 Å². The van der Waals surface area contributed by atoms with E-state index < -0.39 is 6.10 Å². The van der Waals surface area contributed by atoms with Gasteiger partial charge in [0.1, 0.15) is 0 Å². The first-order valence-corrected chi connectivity index (χ1v) is 4.51. The van der Waals surface area contributed by atoms with E-state index in [0.29, 0.717) is 0 Å². The molecule has 0 aliphatic heterocycles. The van der Waals surface area contributed by atoms with Crippen LogP contribution < -0.4 is 0 Å². The van der Waals surface area contributed by atoms with E-state index in [1.54, 1.807) is 0 Å². The quantitative estimate of drug-likeness (QED) is 0.702. The predicted molar refractivity (Wildman–Crippen MR) is 55.4 cm³/mol. The average molecular weight is 176 g/mol. The summed E-state index contributed by atoms with van der Waals surface area (Å²) in [5.74, 6) is 0.113. The molecule has 1 heteroatoms. The smallest absolute Gasteiger partial charge is 0.0852 e. The van der Waals surface area contributed by atoms with Crippen LogP contribution in [0.5, 0.6) is 0 Å². The third-order valence-electron chi connectivity index (χ3n) is 2.39. The molecule has 1 rings (SSSR count). The first-order chi connectivity index (χ1) is 6.13. The van der Waals surface area contributed by atoms with Crippen molar-refractivity contribution in [2.45, 2.75) is 20.0 Å². The van der Waals surface area contributed by atoms with E-state index in [9.17, 15) is 5.11 Å². The van der Waals surface area contributed by atoms with Gasteiger partial charge >= 0.3 is 0 Å². The molecule has 0 aliphatic carbocycles. The van der Waals surface area contributed by atoms with Gasteiger partial charge in [0.05, 0.1) is 6.10 Å². The Kier molecular flexibility index (Phi) is 3.26. The Morgan fingerprint density at radius 3 is 2.31 bits per heavy atom. The highest BCUT2D eigenvalue weighted by Crippen LogP contribution is 2.25. The second-order valence-corrected chi connectivity index (χ2v) is 3.49. The molecule has 1 aromatic carbocycles. The number of benzene rings is 1. The molecule has 1 nitrogen and oxygen atoms in total. The molecular formula is C12H16O. The van der Waals surface area contributed by atoms with Crippen molar-refractivity contribution in [3.8, 4) is 0 Å². The summed E-state index contributed by atoms with van der Waals surface area (Å²) in [5.41, 5.74) is 1.97. The third-order valence-corrected chi connectivity index (χ3v) is 2.39. The number of aliphatic hydroxyl groups is 1. The van der Waals surface area contributed by atoms with Gasteiger partial charge in [-0.2, -0.15) is 0 Å². The van der Waals surface area contributed by atoms with E-state index in [2.05, 4.69) is 6.58 Å². The first kappa shape index (κ1) is 10.0. The van der Waals surface area contributed by atoms with Crippen LogP contribution in [0.2, 0.25) is 0 Å². The average Bonchev–Trinajstić information content (AvgIpc) is 2.17. The second kappa shape index (κ2) is 4.24. The molecule has 0 spiro atoms. The van der Waals surface area contributed by atoms with Crippen LogP contribution in [0.3, 0.4) is 0 Å². The molecule has 0 amide bonds. The van der Waals surface area contributed by atoms with Crippen LogP contribution in [0, 0.1) is 5.92 Å². The molecule has 1 aromatic rings. The van der Waals surface area contributed by atoms with Gasteiger partial charge in [-0.05, 0) is 12.5 Å². The van der Waals surface area contributed by atoms with Crippen LogP contribution in [0.4, 0.5) is 0 Å². The normalized spacial score (nSPS) is 15.0. The zero-order valence-corrected chi connectivity index (χ0v) is 8.20. The van der Waals surface area contributed by atoms with Crippen molar-refractivity contribution in [2.75, 3.05) is 0 Å². The maximum Gasteiger partial charge on any atom is 0.0852 e. The maximum absolute atomic E-state index is 9.90. The van der Waals surface area contributed by atoms with Gasteiger partial charge < -0.3 is 5.11 Å². The number of rotatable bonds is 3. The maximum atomic E-state index is 9.90. The molecule has 0 unspecified atom stereocenters. The first-order valence-electron chi connectivity index (χ1n) is 4.51. The van der Waals surface area contributed by atoms with Crippen molar-refractivity contribution in [3.05, 3.63) is 48.0 Å². The highest BCUT2D eigenvalue weighted by molar-refractivity contribution is 5.20. The highest BCUT2D eigenvalue weighted by atomic mass is 16.3. The third kappa shape index (κ3) is 2.43. The van der Waals surface area contributed by atoms with Gasteiger partial charge in [0.25, 0.3) is 0 Å². The van der Waals surface area contributed by atoms with Crippen LogP contribution in [0.25, 0.3) is 0 Å². The van der Waals surface area contributed by atoms with Gasteiger partial charge in [-0.25, -0.2) is 0 Å². The molecule has 1 N–H and O–H groups in total. The van der Waals surface area contributed by atoms with Crippen molar-refractivity contribution < 1.29 is 5.11 Å². The molecule has 0 heterocycles. The summed E-state index contributed by atoms with van der Waals surface area (Å²) >= 11 is 0. The molecule has 0 saturated carbocycles. The van der Waals surface area contributed by atoms with Gasteiger partial charge in [0.15, 0.2) is 0 Å². The molecule has 0 fully saturated rings. The minimum absolute atomic E-state index is 0.113. The fourth-order valence-electron chi connectivity index (χ4n) is 1.21. The number of aliphatic hydroxyl groups excluding tert-OH is 1. The van der Waals surface area contributed by atoms with Crippen LogP contribution in [0.15, 0.2) is 42.5 Å². The van der Waals surface area contributed by atoms with Crippen LogP contribution in [0.1, 0.15) is 25.5 Å². The minimum atomic E-state index is -0.432. The predicted octanol–water partition coefficient (Wildman–Crippen LogP) is 2.93. The summed E-state index contributed by atoms with van der Waals surface area (Å²) in [7, 11) is 0. The molecule has 0 bridgehead atoms. The fourth-order valence-corrected chi connectivity index (χ4v) is 1.21. The van der Waals surface area contributed by atoms with Crippen molar-refractivity contribution in [1.82, 2.24) is 0 Å². The Hall–Kier alpha value is -1.08. The Balaban J connectivity index is 2.79. The summed E-state index contributed by atoms with van der Waals surface area (Å²) in [4.78, 5) is 0. The van der Waals surface area contributed by atoms with E-state index in [-0.39, 0.29) is 5.92 Å². The summed E-state index contributed by atoms with van der Waals surface area (Å²) in [5, 5.41) is 9.90. The Bertz CT molecular complexity index is 276. The van der Waals surface area contributed by atoms with Crippen molar-refractivity contribution >= 4 is 0 Å². The zero-order valence-electron chi connectivity index (χ0n) is 8.20. The van der Waals surface area contributed by atoms with Crippen LogP contribution in [-0.4, -0.2) is 5.11 Å². The fraction of sp³-hybridized carbons (Fsp3) is 0.333. The van der Waals surface area contributed by atoms with E-state index in [1.807, 2.05) is 44.2 Å². The minimum Gasteiger partial charge on any atom is -0.388 e. The SMILES string of the molecule is C=C(C)[C@@H](C)[C@H](O)c1ccccc1. The Morgan fingerprint density at radius 1 is 1.31 bits per heavy atom. The van der Waals surface area contributed by atoms with E-state index in [4.69, 9.17) is 0 Å². The van der Waals surface area contributed by atoms with E-state index in [0.717, 1.165) is 11.1 Å². The lowest BCUT2D eigenvalue weighted by atomic mass is 9.92. The molecule has 0 radical (unpaired) electrons. The summed E-state index contributed by atoms with van der Waals surface area (Å²) < 4.78 is 0. The summed E-state index contributed by atoms with van der Waals surface area (Å²) in [6.07, 6.45) is -0.432. The number of hydrogen-bond acceptors (Lipinski definition) is 1. The van der Waals surface area contributed by atoms with E-state index >= 15 is 0 Å². The zero-order chi connectivity index (χ0) is 9.84. The Morgan fingerprint density at radius 2 is 1.85 bits per heavy atom. The monoisotopic (exact) mass is 176 g/mol. The van der Waals surface area contributed by atoms with Crippen molar-refractivity contribution in [3.63, 3.8) is 0 Å². The summed E-state index contributed by atoms with van der Waals surface area (Å²) in [6.45, 7) is 7.77. The van der Waals surface area contributed by atoms with Gasteiger partial charge in [-0.1, -0.05) is 49.4 Å². The highest BCUT2D eigenvalue weighted by Gasteiger charge is 2.15. The van der Waals surface area contributed by atoms with Crippen molar-refractivity contribution in [2.24, 2.45) is 5.92 Å². The molecule has 0 aliphatic rings. The second-order valence-electron chi connectivity index (χ2n) is 3.49. The lowest BCUT2D eigenvalue weighted by Gasteiger charge is -2.18. The molecule has 2 atom stereocenters. The van der Waals surface area contributed by atoms with Crippen molar-refractivity contribution in [1.29, 1.82) is 0 Å². The molecule has 70 valence electrons. The molecular weight excluding hydrogens is 160 g/mol. The lowest BCUT2D eigenvalue weighted by Crippen LogP contribution is -2.09. The van der Waals surface area contributed by atoms with Gasteiger partial charge in [0, 0.05) is 5.92 Å². The molecule has 0 saturated heterocycles. The lowest BCUT2D eigenvalue weighted by molar-refractivity contribution is 0.135. The Labute approximate surface area is 79.7 Å². The topological polar surface area (TPSA) is 20.2 Å². The standard InChI is InChI=1S/C12H16O/c1-9(2)10(3)12(13)11-7-5-4-6-8-11/h4-8,10,12-13H,1H2,2-3H3/t10-,12+/m1/s1. The summed E-state index contributed by atoms with van der Waals surface area (Å²) in [6, 6.07) is 9.68. The molecule has 0 aromatic heterocycles. The van der Waals surface area contributed by atoms with Gasteiger partial charge in [-0.15, -0.1) is 0 Å². The largest absolute Gasteiger partial charge is 0.388 e. The van der Waals surface area contributed by atoms with Gasteiger partial charge in [0.2, 0.25) is 0 Å². The van der Waals surface area contributed by atoms with Crippen LogP contribution >= 0.6 is 0 Å². The molecule has 13 heavy (non-hydrogen) atoms. The van der Waals surface area contributed by atoms with E-state index in [1.165, 1.54) is 0 Å². The number of hydrogen-bond donors (Lipinski definition) is 1.